The number of H-pyrrole nitrogens is 1. The second-order valence-electron chi connectivity index (χ2n) is 11.3. The third kappa shape index (κ3) is 6.73. The highest BCUT2D eigenvalue weighted by Gasteiger charge is 2.27. The molecule has 1 aliphatic rings. The van der Waals surface area contributed by atoms with Gasteiger partial charge in [-0.05, 0) is 57.4 Å². The van der Waals surface area contributed by atoms with Crippen LogP contribution >= 0.6 is 0 Å². The van der Waals surface area contributed by atoms with E-state index in [-0.39, 0.29) is 23.5 Å². The van der Waals surface area contributed by atoms with Crippen molar-refractivity contribution in [2.24, 2.45) is 0 Å². The standard InChI is InChI=1S/C31H35N5O6/c1-31(2,3)42-30(39)36-10-8-21(9-11-36)34-29(38)20-7-5-6-19(12-20)16-33-28-15-25(37)22-13-23(27-17-32-18-41-27)26(40-4)14-24(22)35-28/h5-7,12-15,17-18,21H,8-11,16H2,1-4H3,(H,34,38)(H2,33,35,37). The molecular weight excluding hydrogens is 538 g/mol. The highest BCUT2D eigenvalue weighted by atomic mass is 16.6. The van der Waals surface area contributed by atoms with E-state index in [4.69, 9.17) is 13.9 Å². The molecule has 11 nitrogen and oxygen atoms in total. The third-order valence-electron chi connectivity index (χ3n) is 7.00. The van der Waals surface area contributed by atoms with Crippen LogP contribution in [-0.4, -0.2) is 58.7 Å². The Bertz CT molecular complexity index is 1630. The third-order valence-corrected chi connectivity index (χ3v) is 7.00. The second kappa shape index (κ2) is 12.0. The molecule has 0 bridgehead atoms. The molecule has 0 spiro atoms. The van der Waals surface area contributed by atoms with Crippen LogP contribution in [-0.2, 0) is 11.3 Å². The maximum Gasteiger partial charge on any atom is 0.410 e. The number of carbonyl (C=O) groups is 2. The van der Waals surface area contributed by atoms with Crippen molar-refractivity contribution in [2.75, 3.05) is 25.5 Å². The summed E-state index contributed by atoms with van der Waals surface area (Å²) in [6.45, 7) is 6.98. The molecule has 220 valence electrons. The number of pyridine rings is 1. The zero-order valence-corrected chi connectivity index (χ0v) is 24.2. The van der Waals surface area contributed by atoms with Crippen LogP contribution in [0.3, 0.4) is 0 Å². The Balaban J connectivity index is 1.21. The van der Waals surface area contributed by atoms with Crippen LogP contribution in [0.4, 0.5) is 10.6 Å². The van der Waals surface area contributed by atoms with Crippen molar-refractivity contribution in [2.45, 2.75) is 51.8 Å². The van der Waals surface area contributed by atoms with E-state index >= 15 is 0 Å². The lowest BCUT2D eigenvalue weighted by atomic mass is 10.0. The average molecular weight is 574 g/mol. The average Bonchev–Trinajstić information content (AvgIpc) is 3.50. The molecule has 0 radical (unpaired) electrons. The minimum Gasteiger partial charge on any atom is -0.496 e. The SMILES string of the molecule is COc1cc2[nH]c(NCc3cccc(C(=O)NC4CCN(C(=O)OC(C)(C)C)CC4)c3)cc(=O)c2cc1-c1cnco1. The lowest BCUT2D eigenvalue weighted by Gasteiger charge is -2.33. The number of hydrogen-bond acceptors (Lipinski definition) is 8. The quantitative estimate of drug-likeness (QED) is 0.283. The fraction of sp³-hybridized carbons (Fsp3) is 0.355. The number of carbonyl (C=O) groups excluding carboxylic acids is 2. The number of amides is 2. The molecule has 2 aromatic heterocycles. The van der Waals surface area contributed by atoms with E-state index in [0.29, 0.717) is 71.8 Å². The van der Waals surface area contributed by atoms with Crippen molar-refractivity contribution in [1.82, 2.24) is 20.2 Å². The van der Waals surface area contributed by atoms with Gasteiger partial charge in [-0.15, -0.1) is 0 Å². The fourth-order valence-corrected chi connectivity index (χ4v) is 4.90. The Morgan fingerprint density at radius 2 is 1.93 bits per heavy atom. The van der Waals surface area contributed by atoms with Crippen LogP contribution in [0.2, 0.25) is 0 Å². The highest BCUT2D eigenvalue weighted by molar-refractivity contribution is 5.94. The fourth-order valence-electron chi connectivity index (χ4n) is 4.90. The molecule has 0 saturated carbocycles. The Hall–Kier alpha value is -4.80. The first-order valence-electron chi connectivity index (χ1n) is 13.8. The van der Waals surface area contributed by atoms with Crippen LogP contribution in [0.25, 0.3) is 22.2 Å². The van der Waals surface area contributed by atoms with E-state index in [0.717, 1.165) is 5.56 Å². The number of oxazole rings is 1. The number of nitrogens with one attached hydrogen (secondary N) is 3. The molecule has 3 N–H and O–H groups in total. The maximum absolute atomic E-state index is 13.0. The minimum atomic E-state index is -0.540. The van der Waals surface area contributed by atoms with Gasteiger partial charge in [-0.1, -0.05) is 12.1 Å². The summed E-state index contributed by atoms with van der Waals surface area (Å²) in [6.07, 6.45) is 3.89. The number of methoxy groups -OCH3 is 1. The van der Waals surface area contributed by atoms with Crippen molar-refractivity contribution < 1.29 is 23.5 Å². The van der Waals surface area contributed by atoms with E-state index in [9.17, 15) is 14.4 Å². The predicted molar refractivity (Wildman–Crippen MR) is 159 cm³/mol. The molecule has 0 aliphatic carbocycles. The van der Waals surface area contributed by atoms with E-state index in [1.807, 2.05) is 39.0 Å². The van der Waals surface area contributed by atoms with E-state index < -0.39 is 5.60 Å². The number of fused-ring (bicyclic) bond motifs is 1. The maximum atomic E-state index is 13.0. The summed E-state index contributed by atoms with van der Waals surface area (Å²) in [5, 5.41) is 6.82. The lowest BCUT2D eigenvalue weighted by molar-refractivity contribution is 0.0199. The molecule has 0 unspecified atom stereocenters. The summed E-state index contributed by atoms with van der Waals surface area (Å²) < 4.78 is 16.4. The first-order valence-corrected chi connectivity index (χ1v) is 13.8. The number of nitrogens with zero attached hydrogens (tertiary/aromatic N) is 2. The monoisotopic (exact) mass is 573 g/mol. The molecule has 2 aromatic carbocycles. The Labute approximate surface area is 243 Å². The van der Waals surface area contributed by atoms with E-state index in [1.54, 1.807) is 36.4 Å². The van der Waals surface area contributed by atoms with Crippen molar-refractivity contribution in [1.29, 1.82) is 0 Å². The van der Waals surface area contributed by atoms with Gasteiger partial charge in [0.15, 0.2) is 17.6 Å². The van der Waals surface area contributed by atoms with Gasteiger partial charge in [-0.3, -0.25) is 9.59 Å². The van der Waals surface area contributed by atoms with Crippen molar-refractivity contribution in [3.8, 4) is 17.1 Å². The van der Waals surface area contributed by atoms with Crippen LogP contribution in [0.1, 0.15) is 49.5 Å². The second-order valence-corrected chi connectivity index (χ2v) is 11.3. The molecule has 1 saturated heterocycles. The number of aromatic nitrogens is 2. The van der Waals surface area contributed by atoms with Gasteiger partial charge < -0.3 is 34.4 Å². The normalized spacial score (nSPS) is 14.0. The van der Waals surface area contributed by atoms with Gasteiger partial charge in [0.25, 0.3) is 5.91 Å². The van der Waals surface area contributed by atoms with Crippen LogP contribution < -0.4 is 20.8 Å². The molecule has 1 aliphatic heterocycles. The van der Waals surface area contributed by atoms with Crippen LogP contribution in [0, 0.1) is 0 Å². The van der Waals surface area contributed by atoms with Crippen LogP contribution in [0.15, 0.2) is 64.3 Å². The number of hydrogen-bond donors (Lipinski definition) is 3. The number of likely N-dealkylation sites (tertiary alicyclic amines) is 1. The number of anilines is 1. The smallest absolute Gasteiger partial charge is 0.410 e. The molecular formula is C31H35N5O6. The topological polar surface area (TPSA) is 139 Å². The predicted octanol–water partition coefficient (Wildman–Crippen LogP) is 4.93. The number of aromatic amines is 1. The summed E-state index contributed by atoms with van der Waals surface area (Å²) in [4.78, 5) is 47.1. The van der Waals surface area contributed by atoms with Gasteiger partial charge in [-0.25, -0.2) is 9.78 Å². The number of benzene rings is 2. The molecule has 42 heavy (non-hydrogen) atoms. The van der Waals surface area contributed by atoms with Gasteiger partial charge >= 0.3 is 6.09 Å². The Morgan fingerprint density at radius 1 is 1.14 bits per heavy atom. The highest BCUT2D eigenvalue weighted by Crippen LogP contribution is 2.33. The Kier molecular flexibility index (Phi) is 8.19. The lowest BCUT2D eigenvalue weighted by Crippen LogP contribution is -2.47. The first kappa shape index (κ1) is 28.7. The molecule has 2 amide bonds. The van der Waals surface area contributed by atoms with Crippen LogP contribution in [0.5, 0.6) is 5.75 Å². The van der Waals surface area contributed by atoms with E-state index in [1.165, 1.54) is 12.5 Å². The van der Waals surface area contributed by atoms with Crippen molar-refractivity contribution >= 4 is 28.7 Å². The zero-order chi connectivity index (χ0) is 29.9. The van der Waals surface area contributed by atoms with E-state index in [2.05, 4.69) is 20.6 Å². The summed E-state index contributed by atoms with van der Waals surface area (Å²) in [5.74, 6) is 1.42. The zero-order valence-electron chi connectivity index (χ0n) is 24.2. The Morgan fingerprint density at radius 3 is 2.62 bits per heavy atom. The molecule has 4 aromatic rings. The number of rotatable bonds is 7. The molecule has 11 heteroatoms. The van der Waals surface area contributed by atoms with Crippen molar-refractivity contribution in [3.05, 3.63) is 76.4 Å². The van der Waals surface area contributed by atoms with Gasteiger partial charge in [0, 0.05) is 48.8 Å². The van der Waals surface area contributed by atoms with Gasteiger partial charge in [-0.2, -0.15) is 0 Å². The number of ether oxygens (including phenoxy) is 2. The molecule has 3 heterocycles. The summed E-state index contributed by atoms with van der Waals surface area (Å²) >= 11 is 0. The molecule has 1 fully saturated rings. The first-order chi connectivity index (χ1) is 20.1. The minimum absolute atomic E-state index is 0.0257. The molecule has 0 atom stereocenters. The molecule has 5 rings (SSSR count). The largest absolute Gasteiger partial charge is 0.496 e. The van der Waals surface area contributed by atoms with Gasteiger partial charge in [0.05, 0.1) is 24.4 Å². The number of piperidine rings is 1. The van der Waals surface area contributed by atoms with Crippen molar-refractivity contribution in [3.63, 3.8) is 0 Å². The summed E-state index contributed by atoms with van der Waals surface area (Å²) in [7, 11) is 1.55. The summed E-state index contributed by atoms with van der Waals surface area (Å²) in [5.41, 5.74) is 1.96. The summed E-state index contributed by atoms with van der Waals surface area (Å²) in [6, 6.07) is 12.3. The van der Waals surface area contributed by atoms with Gasteiger partial charge in [0.1, 0.15) is 17.2 Å². The van der Waals surface area contributed by atoms with Gasteiger partial charge in [0.2, 0.25) is 0 Å².